The third kappa shape index (κ3) is 3.14. The van der Waals surface area contributed by atoms with Crippen LogP contribution in [0.3, 0.4) is 0 Å². The molecular weight excluding hydrogens is 278 g/mol. The third-order valence-corrected chi connectivity index (χ3v) is 6.34. The molecule has 3 rings (SSSR count). The van der Waals surface area contributed by atoms with Crippen LogP contribution in [0.5, 0.6) is 0 Å². The maximum Gasteiger partial charge on any atom is 0.0408 e. The highest BCUT2D eigenvalue weighted by Gasteiger charge is 2.44. The molecule has 1 aliphatic heterocycles. The summed E-state index contributed by atoms with van der Waals surface area (Å²) in [6, 6.07) is 8.57. The van der Waals surface area contributed by atoms with Crippen LogP contribution < -0.4 is 5.32 Å². The van der Waals surface area contributed by atoms with Gasteiger partial charge in [0, 0.05) is 17.5 Å². The molecule has 0 radical (unpaired) electrons. The second kappa shape index (κ2) is 6.30. The van der Waals surface area contributed by atoms with Gasteiger partial charge in [-0.1, -0.05) is 37.6 Å². The van der Waals surface area contributed by atoms with Crippen molar-refractivity contribution < 1.29 is 0 Å². The van der Waals surface area contributed by atoms with Crippen molar-refractivity contribution in [3.05, 3.63) is 34.9 Å². The van der Waals surface area contributed by atoms with Crippen molar-refractivity contribution in [3.8, 4) is 0 Å². The number of hydrogen-bond donors (Lipinski definition) is 1. The summed E-state index contributed by atoms with van der Waals surface area (Å²) in [4.78, 5) is 0. The molecule has 1 unspecified atom stereocenters. The molecule has 1 aromatic carbocycles. The van der Waals surface area contributed by atoms with Gasteiger partial charge in [-0.25, -0.2) is 0 Å². The molecule has 1 saturated carbocycles. The minimum Gasteiger partial charge on any atom is -0.316 e. The maximum atomic E-state index is 6.24. The first-order valence-corrected chi connectivity index (χ1v) is 8.95. The van der Waals surface area contributed by atoms with Crippen molar-refractivity contribution in [2.75, 3.05) is 13.1 Å². The standard InChI is InChI=1S/C19H28ClN/c1-14(2)15-6-8-19(9-7-15)10-11-21-13-18(19)16-4-3-5-17(20)12-16/h3-5,12,14-15,18,21H,6-11,13H2,1-2H3. The zero-order valence-electron chi connectivity index (χ0n) is 13.4. The quantitative estimate of drug-likeness (QED) is 0.787. The molecular formula is C19H28ClN. The molecule has 1 atom stereocenters. The lowest BCUT2D eigenvalue weighted by atomic mass is 9.58. The normalized spacial score (nSPS) is 33.5. The van der Waals surface area contributed by atoms with Crippen LogP contribution in [0.4, 0.5) is 0 Å². The Morgan fingerprint density at radius 3 is 2.62 bits per heavy atom. The van der Waals surface area contributed by atoms with E-state index in [9.17, 15) is 0 Å². The number of hydrogen-bond acceptors (Lipinski definition) is 1. The lowest BCUT2D eigenvalue weighted by Gasteiger charge is -2.49. The van der Waals surface area contributed by atoms with E-state index in [2.05, 4.69) is 37.4 Å². The lowest BCUT2D eigenvalue weighted by Crippen LogP contribution is -2.45. The Hall–Kier alpha value is -0.530. The van der Waals surface area contributed by atoms with Gasteiger partial charge in [-0.15, -0.1) is 0 Å². The van der Waals surface area contributed by atoms with Crippen LogP contribution in [0.1, 0.15) is 57.4 Å². The van der Waals surface area contributed by atoms with E-state index in [1.165, 1.54) is 44.2 Å². The van der Waals surface area contributed by atoms with Crippen molar-refractivity contribution >= 4 is 11.6 Å². The van der Waals surface area contributed by atoms with Gasteiger partial charge in [-0.2, -0.15) is 0 Å². The smallest absolute Gasteiger partial charge is 0.0408 e. The summed E-state index contributed by atoms with van der Waals surface area (Å²) in [5, 5.41) is 4.49. The monoisotopic (exact) mass is 305 g/mol. The minimum atomic E-state index is 0.515. The lowest BCUT2D eigenvalue weighted by molar-refractivity contribution is 0.0670. The Bertz CT molecular complexity index is 474. The van der Waals surface area contributed by atoms with E-state index in [0.29, 0.717) is 11.3 Å². The zero-order chi connectivity index (χ0) is 14.9. The van der Waals surface area contributed by atoms with E-state index in [1.54, 1.807) is 0 Å². The van der Waals surface area contributed by atoms with Gasteiger partial charge in [0.15, 0.2) is 0 Å². The van der Waals surface area contributed by atoms with Gasteiger partial charge in [0.05, 0.1) is 0 Å². The fourth-order valence-corrected chi connectivity index (χ4v) is 4.85. The van der Waals surface area contributed by atoms with Gasteiger partial charge in [0.1, 0.15) is 0 Å². The van der Waals surface area contributed by atoms with Gasteiger partial charge >= 0.3 is 0 Å². The minimum absolute atomic E-state index is 0.515. The molecule has 2 aliphatic rings. The van der Waals surface area contributed by atoms with E-state index < -0.39 is 0 Å². The molecule has 2 heteroatoms. The highest BCUT2D eigenvalue weighted by molar-refractivity contribution is 6.30. The summed E-state index contributed by atoms with van der Waals surface area (Å²) in [7, 11) is 0. The highest BCUT2D eigenvalue weighted by atomic mass is 35.5. The summed E-state index contributed by atoms with van der Waals surface area (Å²) >= 11 is 6.24. The van der Waals surface area contributed by atoms with E-state index >= 15 is 0 Å². The molecule has 0 amide bonds. The van der Waals surface area contributed by atoms with Crippen LogP contribution >= 0.6 is 11.6 Å². The van der Waals surface area contributed by atoms with Crippen LogP contribution in [0, 0.1) is 17.3 Å². The molecule has 1 aromatic rings. The fourth-order valence-electron chi connectivity index (χ4n) is 4.65. The average Bonchev–Trinajstić information content (AvgIpc) is 2.48. The van der Waals surface area contributed by atoms with Gasteiger partial charge in [0.25, 0.3) is 0 Å². The predicted octanol–water partition coefficient (Wildman–Crippen LogP) is 5.25. The van der Waals surface area contributed by atoms with Crippen molar-refractivity contribution in [3.63, 3.8) is 0 Å². The van der Waals surface area contributed by atoms with Crippen molar-refractivity contribution in [1.29, 1.82) is 0 Å². The van der Waals surface area contributed by atoms with Crippen LogP contribution in [-0.2, 0) is 0 Å². The molecule has 1 nitrogen and oxygen atoms in total. The molecule has 21 heavy (non-hydrogen) atoms. The summed E-state index contributed by atoms with van der Waals surface area (Å²) in [6.07, 6.45) is 6.95. The van der Waals surface area contributed by atoms with Gasteiger partial charge in [-0.05, 0) is 73.6 Å². The fraction of sp³-hybridized carbons (Fsp3) is 0.684. The Balaban J connectivity index is 1.82. The molecule has 1 spiro atoms. The number of rotatable bonds is 2. The highest BCUT2D eigenvalue weighted by Crippen LogP contribution is 2.53. The third-order valence-electron chi connectivity index (χ3n) is 6.11. The first kappa shape index (κ1) is 15.4. The second-order valence-electron chi connectivity index (χ2n) is 7.51. The summed E-state index contributed by atoms with van der Waals surface area (Å²) in [6.45, 7) is 7.08. The van der Waals surface area contributed by atoms with Crippen LogP contribution in [0.15, 0.2) is 24.3 Å². The Morgan fingerprint density at radius 1 is 1.19 bits per heavy atom. The molecule has 1 saturated heterocycles. The topological polar surface area (TPSA) is 12.0 Å². The van der Waals surface area contributed by atoms with Crippen LogP contribution in [0.2, 0.25) is 5.02 Å². The molecule has 0 bridgehead atoms. The van der Waals surface area contributed by atoms with Crippen LogP contribution in [0.25, 0.3) is 0 Å². The first-order valence-electron chi connectivity index (χ1n) is 8.57. The van der Waals surface area contributed by atoms with Gasteiger partial charge in [0.2, 0.25) is 0 Å². The van der Waals surface area contributed by atoms with Crippen molar-refractivity contribution in [2.24, 2.45) is 17.3 Å². The molecule has 1 aliphatic carbocycles. The second-order valence-corrected chi connectivity index (χ2v) is 7.94. The van der Waals surface area contributed by atoms with Gasteiger partial charge < -0.3 is 5.32 Å². The predicted molar refractivity (Wildman–Crippen MR) is 90.9 cm³/mol. The van der Waals surface area contributed by atoms with E-state index in [1.807, 2.05) is 6.07 Å². The number of piperidine rings is 1. The number of benzene rings is 1. The van der Waals surface area contributed by atoms with E-state index in [4.69, 9.17) is 11.6 Å². The molecule has 116 valence electrons. The van der Waals surface area contributed by atoms with E-state index in [-0.39, 0.29) is 0 Å². The average molecular weight is 306 g/mol. The molecule has 1 heterocycles. The Kier molecular flexibility index (Phi) is 4.61. The van der Waals surface area contributed by atoms with Gasteiger partial charge in [-0.3, -0.25) is 0 Å². The summed E-state index contributed by atoms with van der Waals surface area (Å²) < 4.78 is 0. The number of nitrogens with one attached hydrogen (secondary N) is 1. The molecule has 0 aromatic heterocycles. The number of halogens is 1. The molecule has 2 fully saturated rings. The maximum absolute atomic E-state index is 6.24. The molecule has 1 N–H and O–H groups in total. The van der Waals surface area contributed by atoms with Crippen molar-refractivity contribution in [2.45, 2.75) is 51.9 Å². The van der Waals surface area contributed by atoms with Crippen molar-refractivity contribution in [1.82, 2.24) is 5.32 Å². The Morgan fingerprint density at radius 2 is 1.95 bits per heavy atom. The first-order chi connectivity index (χ1) is 10.1. The zero-order valence-corrected chi connectivity index (χ0v) is 14.1. The van der Waals surface area contributed by atoms with E-state index in [0.717, 1.165) is 23.4 Å². The summed E-state index contributed by atoms with van der Waals surface area (Å²) in [5.41, 5.74) is 1.96. The summed E-state index contributed by atoms with van der Waals surface area (Å²) in [5.74, 6) is 2.41. The SMILES string of the molecule is CC(C)C1CCC2(CCNCC2c2cccc(Cl)c2)CC1. The largest absolute Gasteiger partial charge is 0.316 e. The Labute approximate surface area is 134 Å². The van der Waals surface area contributed by atoms with Crippen LogP contribution in [-0.4, -0.2) is 13.1 Å².